The minimum Gasteiger partial charge on any atom is -0.192 e. The second-order valence-electron chi connectivity index (χ2n) is 3.79. The molecule has 0 fully saturated rings. The Morgan fingerprint density at radius 1 is 0.542 bits per heavy atom. The van der Waals surface area contributed by atoms with E-state index in [0.29, 0.717) is 0 Å². The van der Waals surface area contributed by atoms with Gasteiger partial charge in [0.15, 0.2) is 0 Å². The van der Waals surface area contributed by atoms with Gasteiger partial charge in [-0.05, 0) is 0 Å². The zero-order valence-corrected chi connectivity index (χ0v) is 10.7. The summed E-state index contributed by atoms with van der Waals surface area (Å²) in [4.78, 5) is 0. The quantitative estimate of drug-likeness (QED) is 0.486. The van der Waals surface area contributed by atoms with Crippen LogP contribution in [0.3, 0.4) is 0 Å². The predicted molar refractivity (Wildman–Crippen MR) is 41.9 cm³/mol. The SMILES string of the molecule is O=S(=O)(F)OC(F)(F)C(F)(F)C(F)(F)C(F)(F)C(F)(F)C(F)(F)F. The molecule has 0 aliphatic rings. The van der Waals surface area contributed by atoms with Gasteiger partial charge in [0.05, 0.1) is 0 Å². The smallest absolute Gasteiger partial charge is 0.192 e. The minimum atomic E-state index is -8.26. The molecule has 0 aliphatic heterocycles. The number of halogens is 14. The molecule has 3 nitrogen and oxygen atoms in total. The van der Waals surface area contributed by atoms with Crippen molar-refractivity contribution < 1.29 is 73.6 Å². The van der Waals surface area contributed by atoms with Crippen LogP contribution in [0.5, 0.6) is 0 Å². The lowest BCUT2D eigenvalue weighted by atomic mass is 9.97. The molecule has 0 rings (SSSR count). The van der Waals surface area contributed by atoms with Crippen molar-refractivity contribution >= 4 is 10.5 Å². The first-order valence-corrected chi connectivity index (χ1v) is 5.87. The molecule has 0 heterocycles. The number of alkyl halides is 13. The summed E-state index contributed by atoms with van der Waals surface area (Å²) in [7, 11) is -7.25. The van der Waals surface area contributed by atoms with E-state index in [2.05, 4.69) is 0 Å². The maximum Gasteiger partial charge on any atom is 0.460 e. The Labute approximate surface area is 121 Å². The fourth-order valence-corrected chi connectivity index (χ4v) is 1.29. The third-order valence-corrected chi connectivity index (χ3v) is 2.52. The van der Waals surface area contributed by atoms with Crippen molar-refractivity contribution in [2.45, 2.75) is 36.0 Å². The lowest BCUT2D eigenvalue weighted by Gasteiger charge is -2.38. The van der Waals surface area contributed by atoms with Crippen molar-refractivity contribution in [3.8, 4) is 0 Å². The molecule has 0 bridgehead atoms. The van der Waals surface area contributed by atoms with Gasteiger partial charge in [-0.1, -0.05) is 3.89 Å². The first kappa shape index (κ1) is 22.9. The molecule has 146 valence electrons. The zero-order valence-electron chi connectivity index (χ0n) is 9.92. The number of hydrogen-bond acceptors (Lipinski definition) is 3. The van der Waals surface area contributed by atoms with Crippen LogP contribution in [0, 0.1) is 0 Å². The van der Waals surface area contributed by atoms with E-state index in [1.807, 2.05) is 0 Å². The van der Waals surface area contributed by atoms with Crippen LogP contribution in [0.2, 0.25) is 0 Å². The summed E-state index contributed by atoms with van der Waals surface area (Å²) < 4.78 is 193. The molecule has 0 aromatic heterocycles. The molecular weight excluding hydrogens is 418 g/mol. The molecule has 0 spiro atoms. The van der Waals surface area contributed by atoms with Gasteiger partial charge in [-0.15, -0.1) is 0 Å². The summed E-state index contributed by atoms with van der Waals surface area (Å²) in [6.07, 6.45) is -15.1. The topological polar surface area (TPSA) is 43.4 Å². The highest BCUT2D eigenvalue weighted by molar-refractivity contribution is 7.81. The minimum absolute atomic E-state index is 1.45. The van der Waals surface area contributed by atoms with E-state index < -0.39 is 46.5 Å². The standard InChI is InChI=1S/C6F14O3S/c7-1(8,3(11,12)5(15,16)17)2(9,10)4(13,14)6(18,19)23-24(20,21)22. The third-order valence-electron chi connectivity index (χ3n) is 2.11. The average molecular weight is 418 g/mol. The van der Waals surface area contributed by atoms with Gasteiger partial charge >= 0.3 is 46.5 Å². The monoisotopic (exact) mass is 418 g/mol. The second-order valence-corrected chi connectivity index (χ2v) is 4.74. The van der Waals surface area contributed by atoms with Gasteiger partial charge in [0.2, 0.25) is 0 Å². The van der Waals surface area contributed by atoms with E-state index in [1.54, 1.807) is 0 Å². The molecule has 0 amide bonds. The van der Waals surface area contributed by atoms with E-state index >= 15 is 0 Å². The van der Waals surface area contributed by atoms with Crippen molar-refractivity contribution in [2.24, 2.45) is 0 Å². The van der Waals surface area contributed by atoms with Crippen LogP contribution >= 0.6 is 0 Å². The van der Waals surface area contributed by atoms with E-state index in [-0.39, 0.29) is 0 Å². The first-order valence-electron chi connectivity index (χ1n) is 4.57. The van der Waals surface area contributed by atoms with E-state index in [1.165, 1.54) is 4.18 Å². The molecule has 0 radical (unpaired) electrons. The van der Waals surface area contributed by atoms with Gasteiger partial charge in [0, 0.05) is 0 Å². The summed E-state index contributed by atoms with van der Waals surface area (Å²) in [5.74, 6) is -32.5. The highest BCUT2D eigenvalue weighted by Crippen LogP contribution is 2.60. The van der Waals surface area contributed by atoms with Gasteiger partial charge < -0.3 is 0 Å². The maximum absolute atomic E-state index is 12.7. The van der Waals surface area contributed by atoms with E-state index in [9.17, 15) is 69.4 Å². The fourth-order valence-electron chi connectivity index (χ4n) is 0.932. The molecule has 24 heavy (non-hydrogen) atoms. The summed E-state index contributed by atoms with van der Waals surface area (Å²) in [6, 6.07) is 0. The lowest BCUT2D eigenvalue weighted by molar-refractivity contribution is -0.456. The second kappa shape index (κ2) is 5.46. The highest BCUT2D eigenvalue weighted by atomic mass is 32.3. The van der Waals surface area contributed by atoms with Gasteiger partial charge in [-0.25, -0.2) is 0 Å². The number of rotatable bonds is 6. The maximum atomic E-state index is 12.7. The van der Waals surface area contributed by atoms with Crippen LogP contribution in [-0.2, 0) is 14.7 Å². The Bertz CT molecular complexity index is 574. The summed E-state index contributed by atoms with van der Waals surface area (Å²) in [5, 5.41) is 0. The van der Waals surface area contributed by atoms with E-state index in [4.69, 9.17) is 0 Å². The van der Waals surface area contributed by atoms with Crippen LogP contribution in [0.15, 0.2) is 0 Å². The Kier molecular flexibility index (Phi) is 5.22. The summed E-state index contributed by atoms with van der Waals surface area (Å²) in [6.45, 7) is 0. The van der Waals surface area contributed by atoms with Crippen molar-refractivity contribution in [3.05, 3.63) is 0 Å². The van der Waals surface area contributed by atoms with Gasteiger partial charge in [0.25, 0.3) is 0 Å². The molecule has 0 N–H and O–H groups in total. The van der Waals surface area contributed by atoms with Gasteiger partial charge in [0.1, 0.15) is 0 Å². The molecule has 0 aliphatic carbocycles. The average Bonchev–Trinajstić information content (AvgIpc) is 2.22. The lowest BCUT2D eigenvalue weighted by Crippen LogP contribution is -2.70. The molecule has 0 unspecified atom stereocenters. The molecule has 0 atom stereocenters. The fraction of sp³-hybridized carbons (Fsp3) is 1.00. The van der Waals surface area contributed by atoms with Crippen LogP contribution in [-0.4, -0.2) is 44.4 Å². The third kappa shape index (κ3) is 3.33. The Balaban J connectivity index is 6.30. The van der Waals surface area contributed by atoms with Gasteiger partial charge in [-0.3, -0.25) is 0 Å². The van der Waals surface area contributed by atoms with Crippen LogP contribution in [0.4, 0.5) is 61.0 Å². The largest absolute Gasteiger partial charge is 0.460 e. The molecule has 0 aromatic rings. The van der Waals surface area contributed by atoms with Crippen molar-refractivity contribution in [1.29, 1.82) is 0 Å². The Morgan fingerprint density at radius 3 is 1.08 bits per heavy atom. The normalized spacial score (nSPS) is 16.4. The molecule has 0 saturated heterocycles. The molecular formula is C6F14O3S. The zero-order chi connectivity index (χ0) is 20.2. The van der Waals surface area contributed by atoms with Crippen LogP contribution < -0.4 is 0 Å². The van der Waals surface area contributed by atoms with Crippen molar-refractivity contribution in [1.82, 2.24) is 0 Å². The van der Waals surface area contributed by atoms with Crippen molar-refractivity contribution in [2.75, 3.05) is 0 Å². The van der Waals surface area contributed by atoms with Crippen molar-refractivity contribution in [3.63, 3.8) is 0 Å². The Morgan fingerprint density at radius 2 is 0.833 bits per heavy atom. The predicted octanol–water partition coefficient (Wildman–Crippen LogP) is 3.91. The Hall–Kier alpha value is -1.07. The molecule has 0 aromatic carbocycles. The number of hydrogen-bond donors (Lipinski definition) is 0. The summed E-state index contributed by atoms with van der Waals surface area (Å²) in [5.41, 5.74) is 0. The van der Waals surface area contributed by atoms with Gasteiger partial charge in [-0.2, -0.15) is 69.7 Å². The molecule has 0 saturated carbocycles. The first-order chi connectivity index (χ1) is 9.96. The molecule has 18 heteroatoms. The van der Waals surface area contributed by atoms with Crippen LogP contribution in [0.25, 0.3) is 0 Å². The highest BCUT2D eigenvalue weighted by Gasteiger charge is 2.91. The van der Waals surface area contributed by atoms with Crippen LogP contribution in [0.1, 0.15) is 0 Å². The summed E-state index contributed by atoms with van der Waals surface area (Å²) >= 11 is 0. The van der Waals surface area contributed by atoms with E-state index in [0.717, 1.165) is 0 Å².